The first-order chi connectivity index (χ1) is 13.8. The van der Waals surface area contributed by atoms with E-state index < -0.39 is 15.8 Å². The highest BCUT2D eigenvalue weighted by Crippen LogP contribution is 2.31. The van der Waals surface area contributed by atoms with Crippen molar-refractivity contribution in [1.29, 1.82) is 0 Å². The number of halogens is 1. The maximum Gasteiger partial charge on any atom is 0.254 e. The number of benzene rings is 2. The zero-order valence-electron chi connectivity index (χ0n) is 16.5. The number of piperazine rings is 1. The van der Waals surface area contributed by atoms with E-state index in [-0.39, 0.29) is 42.5 Å². The van der Waals surface area contributed by atoms with Gasteiger partial charge in [0.25, 0.3) is 5.91 Å². The molecule has 1 aliphatic rings. The van der Waals surface area contributed by atoms with E-state index in [4.69, 9.17) is 9.47 Å². The molecule has 29 heavy (non-hydrogen) atoms. The second-order valence-corrected chi connectivity index (χ2v) is 8.61. The molecule has 0 aliphatic carbocycles. The maximum atomic E-state index is 13.8. The predicted octanol–water partition coefficient (Wildman–Crippen LogP) is 2.30. The molecule has 1 aliphatic heterocycles. The molecule has 0 spiro atoms. The van der Waals surface area contributed by atoms with Crippen molar-refractivity contribution in [3.8, 4) is 11.5 Å². The number of sulfonamides is 1. The topological polar surface area (TPSA) is 76.2 Å². The van der Waals surface area contributed by atoms with E-state index in [9.17, 15) is 17.6 Å². The van der Waals surface area contributed by atoms with Gasteiger partial charge in [-0.2, -0.15) is 4.31 Å². The van der Waals surface area contributed by atoms with Crippen molar-refractivity contribution in [3.63, 3.8) is 0 Å². The summed E-state index contributed by atoms with van der Waals surface area (Å²) in [7, 11) is -0.834. The quantitative estimate of drug-likeness (QED) is 0.739. The van der Waals surface area contributed by atoms with Crippen LogP contribution in [0.25, 0.3) is 0 Å². The minimum atomic E-state index is -3.75. The van der Waals surface area contributed by atoms with Crippen molar-refractivity contribution in [3.05, 3.63) is 53.3 Å². The number of aryl methyl sites for hydroxylation is 1. The van der Waals surface area contributed by atoms with Crippen LogP contribution in [0.3, 0.4) is 0 Å². The zero-order chi connectivity index (χ0) is 21.2. The molecule has 0 atom stereocenters. The van der Waals surface area contributed by atoms with E-state index in [1.54, 1.807) is 19.1 Å². The number of hydrogen-bond acceptors (Lipinski definition) is 5. The van der Waals surface area contributed by atoms with Crippen LogP contribution in [-0.4, -0.2) is 63.9 Å². The lowest BCUT2D eigenvalue weighted by Crippen LogP contribution is -2.50. The zero-order valence-corrected chi connectivity index (χ0v) is 17.3. The minimum absolute atomic E-state index is 0.0931. The molecule has 2 aromatic rings. The lowest BCUT2D eigenvalue weighted by atomic mass is 10.1. The number of rotatable bonds is 5. The van der Waals surface area contributed by atoms with Gasteiger partial charge in [-0.1, -0.05) is 6.07 Å². The summed E-state index contributed by atoms with van der Waals surface area (Å²) in [6.07, 6.45) is 0. The van der Waals surface area contributed by atoms with Gasteiger partial charge in [0.05, 0.1) is 19.1 Å². The summed E-state index contributed by atoms with van der Waals surface area (Å²) in [5.74, 6) is 0.00793. The van der Waals surface area contributed by atoms with Crippen LogP contribution < -0.4 is 9.47 Å². The Hall–Kier alpha value is -2.65. The monoisotopic (exact) mass is 422 g/mol. The van der Waals surface area contributed by atoms with Gasteiger partial charge in [0.15, 0.2) is 11.5 Å². The van der Waals surface area contributed by atoms with Crippen LogP contribution in [0.1, 0.15) is 15.9 Å². The van der Waals surface area contributed by atoms with E-state index in [1.165, 1.54) is 47.7 Å². The number of ether oxygens (including phenoxy) is 2. The Morgan fingerprint density at radius 2 is 1.62 bits per heavy atom. The highest BCUT2D eigenvalue weighted by molar-refractivity contribution is 7.89. The SMILES string of the molecule is COc1ccc(S(=O)(=O)N2CCN(C(=O)c3ccc(C)c(F)c3)CC2)cc1OC. The summed E-state index contributed by atoms with van der Waals surface area (Å²) in [6, 6.07) is 8.76. The summed E-state index contributed by atoms with van der Waals surface area (Å²) in [5, 5.41) is 0. The Balaban J connectivity index is 1.72. The molecule has 1 amide bonds. The Morgan fingerprint density at radius 3 is 2.21 bits per heavy atom. The summed E-state index contributed by atoms with van der Waals surface area (Å²) >= 11 is 0. The fourth-order valence-corrected chi connectivity index (χ4v) is 4.60. The Bertz CT molecular complexity index is 1020. The second kappa shape index (κ2) is 8.38. The van der Waals surface area contributed by atoms with Gasteiger partial charge in [-0.25, -0.2) is 12.8 Å². The second-order valence-electron chi connectivity index (χ2n) is 6.68. The number of methoxy groups -OCH3 is 2. The van der Waals surface area contributed by atoms with E-state index in [1.807, 2.05) is 0 Å². The first kappa shape index (κ1) is 21.1. The minimum Gasteiger partial charge on any atom is -0.493 e. The van der Waals surface area contributed by atoms with Gasteiger partial charge in [0.2, 0.25) is 10.0 Å². The van der Waals surface area contributed by atoms with Gasteiger partial charge in [-0.05, 0) is 36.8 Å². The number of carbonyl (C=O) groups is 1. The van der Waals surface area contributed by atoms with E-state index in [0.29, 0.717) is 17.1 Å². The van der Waals surface area contributed by atoms with Gasteiger partial charge < -0.3 is 14.4 Å². The first-order valence-electron chi connectivity index (χ1n) is 9.05. The molecular formula is C20H23FN2O5S. The van der Waals surface area contributed by atoms with Gasteiger partial charge in [-0.3, -0.25) is 4.79 Å². The number of nitrogens with zero attached hydrogens (tertiary/aromatic N) is 2. The molecule has 9 heteroatoms. The normalized spacial score (nSPS) is 15.2. The van der Waals surface area contributed by atoms with Crippen molar-refractivity contribution >= 4 is 15.9 Å². The third-order valence-electron chi connectivity index (χ3n) is 4.94. The van der Waals surface area contributed by atoms with Crippen molar-refractivity contribution in [1.82, 2.24) is 9.21 Å². The molecule has 156 valence electrons. The first-order valence-corrected chi connectivity index (χ1v) is 10.5. The molecule has 1 saturated heterocycles. The van der Waals surface area contributed by atoms with Gasteiger partial charge in [-0.15, -0.1) is 0 Å². The molecule has 0 radical (unpaired) electrons. The van der Waals surface area contributed by atoms with Crippen LogP contribution in [0.2, 0.25) is 0 Å². The fourth-order valence-electron chi connectivity index (χ4n) is 3.17. The van der Waals surface area contributed by atoms with Gasteiger partial charge in [0, 0.05) is 37.8 Å². The largest absolute Gasteiger partial charge is 0.493 e. The van der Waals surface area contributed by atoms with E-state index in [2.05, 4.69) is 0 Å². The van der Waals surface area contributed by atoms with Crippen LogP contribution >= 0.6 is 0 Å². The van der Waals surface area contributed by atoms with Crippen LogP contribution in [-0.2, 0) is 10.0 Å². The molecule has 1 fully saturated rings. The lowest BCUT2D eigenvalue weighted by Gasteiger charge is -2.34. The van der Waals surface area contributed by atoms with Crippen molar-refractivity contribution in [2.75, 3.05) is 40.4 Å². The molecule has 7 nitrogen and oxygen atoms in total. The molecule has 0 saturated carbocycles. The molecule has 0 bridgehead atoms. The summed E-state index contributed by atoms with van der Waals surface area (Å²) in [6.45, 7) is 2.37. The molecule has 2 aromatic carbocycles. The number of carbonyl (C=O) groups excluding carboxylic acids is 1. The summed E-state index contributed by atoms with van der Waals surface area (Å²) in [4.78, 5) is 14.2. The Kier molecular flexibility index (Phi) is 6.09. The average Bonchev–Trinajstić information content (AvgIpc) is 2.74. The van der Waals surface area contributed by atoms with Gasteiger partial charge in [0.1, 0.15) is 5.82 Å². The highest BCUT2D eigenvalue weighted by atomic mass is 32.2. The molecule has 0 N–H and O–H groups in total. The van der Waals surface area contributed by atoms with Gasteiger partial charge >= 0.3 is 0 Å². The third-order valence-corrected chi connectivity index (χ3v) is 6.83. The third kappa shape index (κ3) is 4.20. The van der Waals surface area contributed by atoms with Crippen molar-refractivity contribution in [2.45, 2.75) is 11.8 Å². The van der Waals surface area contributed by atoms with Crippen LogP contribution in [0.5, 0.6) is 11.5 Å². The molecular weight excluding hydrogens is 399 g/mol. The fraction of sp³-hybridized carbons (Fsp3) is 0.350. The predicted molar refractivity (Wildman–Crippen MR) is 105 cm³/mol. The smallest absolute Gasteiger partial charge is 0.254 e. The lowest BCUT2D eigenvalue weighted by molar-refractivity contribution is 0.0697. The van der Waals surface area contributed by atoms with E-state index in [0.717, 1.165) is 0 Å². The molecule has 1 heterocycles. The number of hydrogen-bond donors (Lipinski definition) is 0. The Labute approximate surface area is 169 Å². The summed E-state index contributed by atoms with van der Waals surface area (Å²) in [5.41, 5.74) is 0.719. The summed E-state index contributed by atoms with van der Waals surface area (Å²) < 4.78 is 51.3. The van der Waals surface area contributed by atoms with E-state index >= 15 is 0 Å². The van der Waals surface area contributed by atoms with Crippen LogP contribution in [0.15, 0.2) is 41.3 Å². The average molecular weight is 422 g/mol. The Morgan fingerprint density at radius 1 is 0.966 bits per heavy atom. The molecule has 3 rings (SSSR count). The number of amides is 1. The van der Waals surface area contributed by atoms with Crippen molar-refractivity contribution in [2.24, 2.45) is 0 Å². The molecule has 0 unspecified atom stereocenters. The van der Waals surface area contributed by atoms with Crippen molar-refractivity contribution < 1.29 is 27.1 Å². The maximum absolute atomic E-state index is 13.8. The van der Waals surface area contributed by atoms with Crippen LogP contribution in [0.4, 0.5) is 4.39 Å². The highest BCUT2D eigenvalue weighted by Gasteiger charge is 2.31. The molecule has 0 aromatic heterocycles. The standard InChI is InChI=1S/C20H23FN2O5S/c1-14-4-5-15(12-17(14)21)20(24)22-8-10-23(11-9-22)29(25,26)16-6-7-18(27-2)19(13-16)28-3/h4-7,12-13H,8-11H2,1-3H3. The van der Waals surface area contributed by atoms with Crippen LogP contribution in [0, 0.1) is 12.7 Å².